The zero-order valence-corrected chi connectivity index (χ0v) is 26.7. The fourth-order valence-corrected chi connectivity index (χ4v) is 6.44. The highest BCUT2D eigenvalue weighted by Crippen LogP contribution is 2.43. The van der Waals surface area contributed by atoms with Gasteiger partial charge in [-0.15, -0.1) is 0 Å². The molecule has 2 aliphatic carbocycles. The van der Waals surface area contributed by atoms with Crippen LogP contribution in [0.2, 0.25) is 0 Å². The van der Waals surface area contributed by atoms with Crippen LogP contribution in [0.1, 0.15) is 131 Å². The first-order chi connectivity index (χ1) is 20.4. The summed E-state index contributed by atoms with van der Waals surface area (Å²) in [4.78, 5) is 13.5. The summed E-state index contributed by atoms with van der Waals surface area (Å²) < 4.78 is 8.81. The second kappa shape index (κ2) is 13.1. The maximum atomic E-state index is 11.1. The van der Waals surface area contributed by atoms with Crippen molar-refractivity contribution in [2.45, 2.75) is 110 Å². The van der Waals surface area contributed by atoms with Gasteiger partial charge in [-0.3, -0.25) is 4.79 Å². The number of allylic oxidation sites excluding steroid dienone is 1. The van der Waals surface area contributed by atoms with Gasteiger partial charge in [-0.05, 0) is 92.4 Å². The molecule has 1 N–H and O–H groups in total. The fourth-order valence-electron chi connectivity index (χ4n) is 6.44. The smallest absolute Gasteiger partial charge is 0.183 e. The molecule has 226 valence electrons. The van der Waals surface area contributed by atoms with Gasteiger partial charge in [-0.2, -0.15) is 0 Å². The average Bonchev–Trinajstić information content (AvgIpc) is 3.73. The van der Waals surface area contributed by atoms with Crippen molar-refractivity contribution >= 4 is 22.9 Å². The van der Waals surface area contributed by atoms with Crippen LogP contribution < -0.4 is 10.1 Å². The zero-order chi connectivity index (χ0) is 29.9. The number of nitrogens with zero attached hydrogens (tertiary/aromatic N) is 2. The Balaban J connectivity index is 0.000000161. The van der Waals surface area contributed by atoms with Crippen molar-refractivity contribution in [3.63, 3.8) is 0 Å². The number of benzene rings is 2. The van der Waals surface area contributed by atoms with Crippen molar-refractivity contribution in [1.29, 1.82) is 0 Å². The summed E-state index contributed by atoms with van der Waals surface area (Å²) in [6.45, 7) is 12.8. The standard InChI is InChI=1S/C19H28N2O.C16H17NO.C2H6/c1-5-6-17-16-13-15(14(2)3)7-8-18(16)22-19(20-17)9-11-21(4)12-10-19;18-10-11-8-15(12-2-1-3-12)14-6-7-17(13-4-5-13)16(14)9-11;1-2/h6-8,13-14,20H,5,9-12H2,1-4H3;6-10,12-13H,1-5H2;1-2H3/b17-6-;;. The molecule has 5 heteroatoms. The van der Waals surface area contributed by atoms with Crippen molar-refractivity contribution in [1.82, 2.24) is 14.8 Å². The first-order valence-electron chi connectivity index (χ1n) is 16.5. The van der Waals surface area contributed by atoms with Crippen molar-refractivity contribution in [2.75, 3.05) is 20.1 Å². The van der Waals surface area contributed by atoms with Gasteiger partial charge in [0, 0.05) is 65.9 Å². The Morgan fingerprint density at radius 2 is 1.79 bits per heavy atom. The van der Waals surface area contributed by atoms with E-state index in [1.165, 1.54) is 65.4 Å². The molecule has 3 heterocycles. The number of fused-ring (bicyclic) bond motifs is 2. The third-order valence-electron chi connectivity index (χ3n) is 9.35. The predicted molar refractivity (Wildman–Crippen MR) is 176 cm³/mol. The highest BCUT2D eigenvalue weighted by atomic mass is 16.5. The van der Waals surface area contributed by atoms with Gasteiger partial charge >= 0.3 is 0 Å². The van der Waals surface area contributed by atoms with E-state index < -0.39 is 0 Å². The summed E-state index contributed by atoms with van der Waals surface area (Å²) in [5.41, 5.74) is 7.12. The Labute approximate surface area is 253 Å². The minimum atomic E-state index is -0.222. The molecule has 7 rings (SSSR count). The molecule has 1 aromatic heterocycles. The van der Waals surface area contributed by atoms with Crippen LogP contribution >= 0.6 is 0 Å². The lowest BCUT2D eigenvalue weighted by Gasteiger charge is -2.45. The minimum absolute atomic E-state index is 0.222. The van der Waals surface area contributed by atoms with Crippen LogP contribution in [0.5, 0.6) is 5.75 Å². The van der Waals surface area contributed by atoms with Crippen LogP contribution in [0.3, 0.4) is 0 Å². The van der Waals surface area contributed by atoms with E-state index in [0.29, 0.717) is 17.9 Å². The summed E-state index contributed by atoms with van der Waals surface area (Å²) in [5, 5.41) is 5.10. The van der Waals surface area contributed by atoms with Gasteiger partial charge in [0.15, 0.2) is 5.72 Å². The van der Waals surface area contributed by atoms with E-state index in [9.17, 15) is 4.79 Å². The number of rotatable bonds is 5. The molecule has 2 aliphatic heterocycles. The number of aldehydes is 1. The maximum Gasteiger partial charge on any atom is 0.183 e. The van der Waals surface area contributed by atoms with Gasteiger partial charge in [-0.1, -0.05) is 53.2 Å². The van der Waals surface area contributed by atoms with Crippen molar-refractivity contribution < 1.29 is 9.53 Å². The number of aromatic nitrogens is 1. The molecule has 3 aromatic rings. The largest absolute Gasteiger partial charge is 0.467 e. The van der Waals surface area contributed by atoms with Crippen LogP contribution in [0.4, 0.5) is 0 Å². The average molecular weight is 570 g/mol. The summed E-state index contributed by atoms with van der Waals surface area (Å²) in [7, 11) is 2.18. The summed E-state index contributed by atoms with van der Waals surface area (Å²) in [6, 6.07) is 13.8. The van der Waals surface area contributed by atoms with Crippen LogP contribution in [-0.4, -0.2) is 41.6 Å². The molecule has 5 nitrogen and oxygen atoms in total. The summed E-state index contributed by atoms with van der Waals surface area (Å²) >= 11 is 0. The predicted octanol–water partition coefficient (Wildman–Crippen LogP) is 9.05. The van der Waals surface area contributed by atoms with E-state index in [1.54, 1.807) is 0 Å². The van der Waals surface area contributed by atoms with Crippen molar-refractivity contribution in [2.24, 2.45) is 0 Å². The van der Waals surface area contributed by atoms with Gasteiger partial charge in [-0.25, -0.2) is 0 Å². The number of carbonyl (C=O) groups excluding carboxylic acids is 1. The van der Waals surface area contributed by atoms with E-state index >= 15 is 0 Å². The topological polar surface area (TPSA) is 46.5 Å². The van der Waals surface area contributed by atoms with Crippen LogP contribution in [0.25, 0.3) is 16.6 Å². The van der Waals surface area contributed by atoms with Gasteiger partial charge < -0.3 is 19.5 Å². The molecular weight excluding hydrogens is 518 g/mol. The van der Waals surface area contributed by atoms with E-state index in [2.05, 4.69) is 91.3 Å². The second-order valence-electron chi connectivity index (χ2n) is 12.7. The molecule has 0 radical (unpaired) electrons. The molecule has 0 atom stereocenters. The first kappa shape index (κ1) is 30.4. The molecule has 0 unspecified atom stereocenters. The molecule has 1 spiro atoms. The second-order valence-corrected chi connectivity index (χ2v) is 12.7. The van der Waals surface area contributed by atoms with Gasteiger partial charge in [0.05, 0.1) is 0 Å². The lowest BCUT2D eigenvalue weighted by atomic mass is 9.78. The van der Waals surface area contributed by atoms with E-state index in [1.807, 2.05) is 13.8 Å². The van der Waals surface area contributed by atoms with Crippen LogP contribution in [0.15, 0.2) is 48.7 Å². The zero-order valence-electron chi connectivity index (χ0n) is 26.7. The number of piperidine rings is 1. The minimum Gasteiger partial charge on any atom is -0.467 e. The third kappa shape index (κ3) is 6.32. The molecule has 3 fully saturated rings. The number of ether oxygens (including phenoxy) is 1. The Morgan fingerprint density at radius 3 is 2.38 bits per heavy atom. The molecule has 2 saturated carbocycles. The van der Waals surface area contributed by atoms with Crippen molar-refractivity contribution in [3.8, 4) is 5.75 Å². The van der Waals surface area contributed by atoms with Crippen LogP contribution in [-0.2, 0) is 0 Å². The SMILES string of the molecule is CC.CC/C=C1\NC2(CCN(C)CC2)Oc2ccc(C(C)C)cc21.O=Cc1cc(C2CCC2)c2ccn(C3CC3)c2c1. The van der Waals surface area contributed by atoms with Crippen molar-refractivity contribution in [3.05, 3.63) is 70.9 Å². The number of hydrogen-bond donors (Lipinski definition) is 1. The molecule has 2 aromatic carbocycles. The Hall–Kier alpha value is -3.05. The number of nitrogens with one attached hydrogen (secondary N) is 1. The quantitative estimate of drug-likeness (QED) is 0.311. The number of carbonyl (C=O) groups is 1. The first-order valence-corrected chi connectivity index (χ1v) is 16.5. The monoisotopic (exact) mass is 569 g/mol. The Kier molecular flexibility index (Phi) is 9.47. The van der Waals surface area contributed by atoms with Gasteiger partial charge in [0.25, 0.3) is 0 Å². The lowest BCUT2D eigenvalue weighted by molar-refractivity contribution is -0.0132. The molecular formula is C37H51N3O2. The molecule has 0 amide bonds. The Bertz CT molecular complexity index is 1400. The highest BCUT2D eigenvalue weighted by Gasteiger charge is 2.40. The fraction of sp³-hybridized carbons (Fsp3) is 0.541. The number of hydrogen-bond acceptors (Lipinski definition) is 4. The lowest BCUT2D eigenvalue weighted by Crippen LogP contribution is -2.57. The maximum absolute atomic E-state index is 11.1. The van der Waals surface area contributed by atoms with Gasteiger partial charge in [0.1, 0.15) is 12.0 Å². The molecule has 4 aliphatic rings. The van der Waals surface area contributed by atoms with E-state index in [4.69, 9.17) is 4.74 Å². The number of likely N-dealkylation sites (tertiary alicyclic amines) is 1. The van der Waals surface area contributed by atoms with E-state index in [0.717, 1.165) is 50.0 Å². The third-order valence-corrected chi connectivity index (χ3v) is 9.35. The molecule has 1 saturated heterocycles. The molecule has 42 heavy (non-hydrogen) atoms. The summed E-state index contributed by atoms with van der Waals surface area (Å²) in [6.07, 6.45) is 15.0. The normalized spacial score (nSPS) is 20.5. The van der Waals surface area contributed by atoms with Crippen LogP contribution in [0, 0.1) is 0 Å². The highest BCUT2D eigenvalue weighted by molar-refractivity contribution is 5.91. The van der Waals surface area contributed by atoms with E-state index in [-0.39, 0.29) is 5.72 Å². The Morgan fingerprint density at radius 1 is 1.05 bits per heavy atom. The molecule has 0 bridgehead atoms. The van der Waals surface area contributed by atoms with Gasteiger partial charge in [0.2, 0.25) is 0 Å². The summed E-state index contributed by atoms with van der Waals surface area (Å²) in [5.74, 6) is 2.25.